The number of hydrogen-bond donors (Lipinski definition) is 0. The van der Waals surface area contributed by atoms with Crippen LogP contribution in [0.5, 0.6) is 11.5 Å². The van der Waals surface area contributed by atoms with E-state index in [4.69, 9.17) is 24.2 Å². The van der Waals surface area contributed by atoms with E-state index >= 15 is 4.39 Å². The summed E-state index contributed by atoms with van der Waals surface area (Å²) in [5, 5.41) is 4.57. The van der Waals surface area contributed by atoms with Crippen molar-refractivity contribution in [3.63, 3.8) is 0 Å². The lowest BCUT2D eigenvalue weighted by atomic mass is 10.1. The molecule has 1 fully saturated rings. The zero-order chi connectivity index (χ0) is 27.8. The molecule has 0 spiro atoms. The third kappa shape index (κ3) is 4.86. The molecule has 6 rings (SSSR count). The number of anilines is 2. The molecule has 40 heavy (non-hydrogen) atoms. The van der Waals surface area contributed by atoms with Crippen LogP contribution in [0.2, 0.25) is 0 Å². The van der Waals surface area contributed by atoms with Crippen LogP contribution >= 0.6 is 0 Å². The number of benzene rings is 2. The van der Waals surface area contributed by atoms with Crippen LogP contribution < -0.4 is 14.4 Å². The van der Waals surface area contributed by atoms with Gasteiger partial charge in [0.05, 0.1) is 49.0 Å². The highest BCUT2D eigenvalue weighted by Crippen LogP contribution is 2.41. The Hall–Kier alpha value is -3.76. The van der Waals surface area contributed by atoms with Gasteiger partial charge in [-0.3, -0.25) is 9.88 Å². The van der Waals surface area contributed by atoms with Crippen molar-refractivity contribution in [1.29, 1.82) is 0 Å². The molecule has 4 heterocycles. The summed E-state index contributed by atoms with van der Waals surface area (Å²) in [6.45, 7) is 7.10. The van der Waals surface area contributed by atoms with E-state index in [9.17, 15) is 0 Å². The Morgan fingerprint density at radius 1 is 1.05 bits per heavy atom. The van der Waals surface area contributed by atoms with E-state index in [-0.39, 0.29) is 18.0 Å². The summed E-state index contributed by atoms with van der Waals surface area (Å²) >= 11 is 0. The van der Waals surface area contributed by atoms with Gasteiger partial charge in [-0.25, -0.2) is 14.1 Å². The summed E-state index contributed by atoms with van der Waals surface area (Å²) in [5.41, 5.74) is 5.51. The van der Waals surface area contributed by atoms with Gasteiger partial charge in [0.25, 0.3) is 0 Å². The number of rotatable bonds is 6. The highest BCUT2D eigenvalue weighted by molar-refractivity contribution is 5.88. The first-order chi connectivity index (χ1) is 19.5. The van der Waals surface area contributed by atoms with Crippen LogP contribution in [0.25, 0.3) is 22.3 Å². The molecule has 0 radical (unpaired) electrons. The molecule has 210 valence electrons. The zero-order valence-electron chi connectivity index (χ0n) is 23.4. The van der Waals surface area contributed by atoms with Crippen LogP contribution in [0.15, 0.2) is 42.9 Å². The number of halogens is 1. The van der Waals surface area contributed by atoms with Crippen molar-refractivity contribution in [2.75, 3.05) is 38.8 Å². The predicted molar refractivity (Wildman–Crippen MR) is 152 cm³/mol. The van der Waals surface area contributed by atoms with Crippen LogP contribution in [0, 0.1) is 5.82 Å². The van der Waals surface area contributed by atoms with Gasteiger partial charge in [0.15, 0.2) is 11.6 Å². The lowest BCUT2D eigenvalue weighted by molar-refractivity contribution is -0.0394. The SMILES string of the molecule is COc1cc(OC)c(F)c(N2CCN(C(C)C)Cc3c2ccc2ncc(-c4cnn(C5CCCCO5)c4)nc32)c1. The molecule has 9 nitrogen and oxygen atoms in total. The lowest BCUT2D eigenvalue weighted by Gasteiger charge is -2.27. The average molecular weight is 547 g/mol. The van der Waals surface area contributed by atoms with Gasteiger partial charge in [-0.15, -0.1) is 0 Å². The van der Waals surface area contributed by atoms with Gasteiger partial charge in [0, 0.05) is 67.4 Å². The second-order valence-electron chi connectivity index (χ2n) is 10.6. The first kappa shape index (κ1) is 26.5. The van der Waals surface area contributed by atoms with Crippen LogP contribution in [0.1, 0.15) is 44.9 Å². The standard InChI is InChI=1S/C30H35FN6O3/c1-19(2)35-10-11-36(26-13-21(38-3)14-27(39-4)29(26)31)25-9-8-23-30(22(25)18-35)34-24(16-32-23)20-15-33-37(17-20)28-7-5-6-12-40-28/h8-9,13-17,19,28H,5-7,10-12,18H2,1-4H3. The van der Waals surface area contributed by atoms with Gasteiger partial charge in [-0.2, -0.15) is 5.10 Å². The van der Waals surface area contributed by atoms with Crippen LogP contribution in [-0.2, 0) is 11.3 Å². The number of methoxy groups -OCH3 is 2. The lowest BCUT2D eigenvalue weighted by Crippen LogP contribution is -2.34. The zero-order valence-corrected chi connectivity index (χ0v) is 23.4. The molecule has 0 aliphatic carbocycles. The monoisotopic (exact) mass is 546 g/mol. The molecular formula is C30H35FN6O3. The highest BCUT2D eigenvalue weighted by atomic mass is 19.1. The van der Waals surface area contributed by atoms with Gasteiger partial charge < -0.3 is 19.1 Å². The molecule has 0 amide bonds. The fourth-order valence-corrected chi connectivity index (χ4v) is 5.57. The third-order valence-electron chi connectivity index (χ3n) is 7.88. The molecule has 0 saturated carbocycles. The number of aromatic nitrogens is 4. The van der Waals surface area contributed by atoms with E-state index in [1.54, 1.807) is 25.4 Å². The molecule has 10 heteroatoms. The summed E-state index contributed by atoms with van der Waals surface area (Å²) in [6.07, 6.45) is 8.71. The number of nitrogens with zero attached hydrogens (tertiary/aromatic N) is 6. The molecule has 1 saturated heterocycles. The molecule has 4 aromatic rings. The van der Waals surface area contributed by atoms with Crippen LogP contribution in [0.4, 0.5) is 15.8 Å². The maximum absolute atomic E-state index is 15.7. The topological polar surface area (TPSA) is 77.8 Å². The minimum atomic E-state index is -0.426. The van der Waals surface area contributed by atoms with Gasteiger partial charge in [-0.1, -0.05) is 0 Å². The largest absolute Gasteiger partial charge is 0.497 e. The summed E-state index contributed by atoms with van der Waals surface area (Å²) < 4.78 is 34.3. The van der Waals surface area contributed by atoms with Crippen molar-refractivity contribution >= 4 is 22.4 Å². The normalized spacial score (nSPS) is 18.1. The van der Waals surface area contributed by atoms with Gasteiger partial charge in [0.1, 0.15) is 12.0 Å². The van der Waals surface area contributed by atoms with Crippen molar-refractivity contribution in [3.8, 4) is 22.8 Å². The maximum atomic E-state index is 15.7. The minimum Gasteiger partial charge on any atom is -0.497 e. The van der Waals surface area contributed by atoms with Gasteiger partial charge in [0.2, 0.25) is 0 Å². The second kappa shape index (κ2) is 11.0. The van der Waals surface area contributed by atoms with E-state index in [0.717, 1.165) is 66.0 Å². The number of ether oxygens (including phenoxy) is 3. The number of fused-ring (bicyclic) bond motifs is 3. The molecule has 2 aromatic heterocycles. The highest BCUT2D eigenvalue weighted by Gasteiger charge is 2.28. The number of hydrogen-bond acceptors (Lipinski definition) is 8. The Morgan fingerprint density at radius 3 is 2.67 bits per heavy atom. The van der Waals surface area contributed by atoms with E-state index in [2.05, 4.69) is 23.8 Å². The third-order valence-corrected chi connectivity index (χ3v) is 7.88. The van der Waals surface area contributed by atoms with E-state index < -0.39 is 5.82 Å². The average Bonchev–Trinajstić information content (AvgIpc) is 3.39. The Labute approximate surface area is 233 Å². The Balaban J connectivity index is 1.47. The molecular weight excluding hydrogens is 511 g/mol. The van der Waals surface area contributed by atoms with Crippen molar-refractivity contribution in [3.05, 3.63) is 54.2 Å². The summed E-state index contributed by atoms with van der Waals surface area (Å²) in [7, 11) is 3.03. The van der Waals surface area contributed by atoms with Crippen molar-refractivity contribution in [2.45, 2.75) is 51.9 Å². The van der Waals surface area contributed by atoms with Crippen LogP contribution in [0.3, 0.4) is 0 Å². The predicted octanol–water partition coefficient (Wildman–Crippen LogP) is 5.71. The molecule has 1 atom stereocenters. The summed E-state index contributed by atoms with van der Waals surface area (Å²) in [5.74, 6) is 0.244. The maximum Gasteiger partial charge on any atom is 0.188 e. The Bertz CT molecular complexity index is 1520. The molecule has 2 aliphatic rings. The first-order valence-corrected chi connectivity index (χ1v) is 13.8. The van der Waals surface area contributed by atoms with Gasteiger partial charge in [-0.05, 0) is 45.2 Å². The smallest absolute Gasteiger partial charge is 0.188 e. The molecule has 2 aromatic carbocycles. The van der Waals surface area contributed by atoms with E-state index in [1.165, 1.54) is 7.11 Å². The Morgan fingerprint density at radius 2 is 1.93 bits per heavy atom. The van der Waals surface area contributed by atoms with Crippen molar-refractivity contribution in [2.24, 2.45) is 0 Å². The minimum absolute atomic E-state index is 0.0462. The van der Waals surface area contributed by atoms with E-state index in [0.29, 0.717) is 24.5 Å². The molecule has 1 unspecified atom stereocenters. The van der Waals surface area contributed by atoms with Crippen LogP contribution in [-0.4, -0.2) is 64.6 Å². The molecule has 0 bridgehead atoms. The molecule has 0 N–H and O–H groups in total. The van der Waals surface area contributed by atoms with Crippen molar-refractivity contribution < 1.29 is 18.6 Å². The second-order valence-corrected chi connectivity index (χ2v) is 10.6. The summed E-state index contributed by atoms with van der Waals surface area (Å²) in [4.78, 5) is 14.3. The summed E-state index contributed by atoms with van der Waals surface area (Å²) in [6, 6.07) is 7.55. The van der Waals surface area contributed by atoms with Crippen molar-refractivity contribution in [1.82, 2.24) is 24.6 Å². The molecule has 2 aliphatic heterocycles. The quantitative estimate of drug-likeness (QED) is 0.304. The van der Waals surface area contributed by atoms with E-state index in [1.807, 2.05) is 34.1 Å². The fraction of sp³-hybridized carbons (Fsp3) is 0.433. The first-order valence-electron chi connectivity index (χ1n) is 13.8. The fourth-order valence-electron chi connectivity index (χ4n) is 5.57. The Kier molecular flexibility index (Phi) is 7.29. The van der Waals surface area contributed by atoms with Gasteiger partial charge >= 0.3 is 0 Å².